The molecule has 0 spiro atoms. The minimum Gasteiger partial charge on any atom is -0.354 e. The molecule has 8 nitrogen and oxygen atoms in total. The second-order valence-corrected chi connectivity index (χ2v) is 7.07. The third-order valence-electron chi connectivity index (χ3n) is 4.89. The lowest BCUT2D eigenvalue weighted by molar-refractivity contribution is -0.121. The zero-order valence-corrected chi connectivity index (χ0v) is 16.8. The minimum atomic E-state index is -0.674. The van der Waals surface area contributed by atoms with Crippen molar-refractivity contribution in [3.63, 3.8) is 0 Å². The Hall–Kier alpha value is -4.07. The van der Waals surface area contributed by atoms with E-state index in [4.69, 9.17) is 0 Å². The highest BCUT2D eigenvalue weighted by molar-refractivity contribution is 5.76. The van der Waals surface area contributed by atoms with Crippen LogP contribution >= 0.6 is 0 Å². The molecule has 0 bridgehead atoms. The number of hydrogen-bond acceptors (Lipinski definition) is 5. The monoisotopic (exact) mass is 415 g/mol. The number of pyridine rings is 2. The molecule has 1 N–H and O–H groups in total. The summed E-state index contributed by atoms with van der Waals surface area (Å²) in [5.41, 5.74) is 0.860. The van der Waals surface area contributed by atoms with Crippen LogP contribution in [0.25, 0.3) is 11.4 Å². The molecule has 3 heterocycles. The van der Waals surface area contributed by atoms with Crippen molar-refractivity contribution in [3.8, 4) is 11.4 Å². The van der Waals surface area contributed by atoms with Crippen LogP contribution in [0, 0.1) is 0 Å². The summed E-state index contributed by atoms with van der Waals surface area (Å²) in [6, 6.07) is 18.4. The summed E-state index contributed by atoms with van der Waals surface area (Å²) < 4.78 is 2.57. The quantitative estimate of drug-likeness (QED) is 0.491. The minimum absolute atomic E-state index is 0.0380. The van der Waals surface area contributed by atoms with Crippen molar-refractivity contribution in [2.24, 2.45) is 0 Å². The van der Waals surface area contributed by atoms with E-state index in [2.05, 4.69) is 15.3 Å². The molecule has 31 heavy (non-hydrogen) atoms. The van der Waals surface area contributed by atoms with Gasteiger partial charge in [0, 0.05) is 18.9 Å². The van der Waals surface area contributed by atoms with Crippen LogP contribution in [0.3, 0.4) is 0 Å². The summed E-state index contributed by atoms with van der Waals surface area (Å²) in [5, 5.41) is 2.86. The largest absolute Gasteiger partial charge is 0.354 e. The molecule has 8 heteroatoms. The standard InChI is InChI=1S/C23H21N5O3/c29-20(25-13-11-17-7-2-1-3-8-17)16-27-14-6-10-19-21(27)26-23(31)28(22(19)30)15-18-9-4-5-12-24-18/h1-10,12,14H,11,13,15-16H2,(H,25,29). The van der Waals surface area contributed by atoms with E-state index in [9.17, 15) is 14.4 Å². The highest BCUT2D eigenvalue weighted by atomic mass is 16.2. The van der Waals surface area contributed by atoms with Gasteiger partial charge in [-0.15, -0.1) is 0 Å². The van der Waals surface area contributed by atoms with Crippen LogP contribution < -0.4 is 16.6 Å². The molecule has 4 rings (SSSR count). The molecule has 0 atom stereocenters. The molecule has 156 valence electrons. The molecule has 0 saturated carbocycles. The van der Waals surface area contributed by atoms with Crippen LogP contribution in [0.5, 0.6) is 0 Å². The molecule has 2 aromatic rings. The van der Waals surface area contributed by atoms with Crippen LogP contribution in [0.4, 0.5) is 0 Å². The Morgan fingerprint density at radius 1 is 0.968 bits per heavy atom. The van der Waals surface area contributed by atoms with Gasteiger partial charge < -0.3 is 9.88 Å². The average Bonchev–Trinajstić information content (AvgIpc) is 2.79. The van der Waals surface area contributed by atoms with Crippen molar-refractivity contribution in [1.82, 2.24) is 24.4 Å². The van der Waals surface area contributed by atoms with Crippen molar-refractivity contribution in [1.29, 1.82) is 0 Å². The summed E-state index contributed by atoms with van der Waals surface area (Å²) >= 11 is 0. The van der Waals surface area contributed by atoms with Gasteiger partial charge in [0.1, 0.15) is 6.54 Å². The van der Waals surface area contributed by atoms with Crippen LogP contribution in [-0.4, -0.2) is 31.6 Å². The maximum atomic E-state index is 12.9. The molecule has 1 aromatic heterocycles. The number of nitrogens with zero attached hydrogens (tertiary/aromatic N) is 4. The molecule has 0 fully saturated rings. The predicted molar refractivity (Wildman–Crippen MR) is 116 cm³/mol. The summed E-state index contributed by atoms with van der Waals surface area (Å²) in [6.07, 6.45) is 3.95. The molecule has 2 aliphatic heterocycles. The highest BCUT2D eigenvalue weighted by Crippen LogP contribution is 2.13. The predicted octanol–water partition coefficient (Wildman–Crippen LogP) is 1.31. The first kappa shape index (κ1) is 20.2. The Kier molecular flexibility index (Phi) is 5.98. The van der Waals surface area contributed by atoms with Crippen molar-refractivity contribution in [2.45, 2.75) is 19.5 Å². The van der Waals surface area contributed by atoms with Crippen LogP contribution in [0.15, 0.2) is 82.6 Å². The van der Waals surface area contributed by atoms with Gasteiger partial charge >= 0.3 is 5.69 Å². The average molecular weight is 415 g/mol. The Balaban J connectivity index is 1.52. The topological polar surface area (TPSA) is 98.9 Å². The zero-order chi connectivity index (χ0) is 21.6. The van der Waals surface area contributed by atoms with Gasteiger partial charge in [-0.25, -0.2) is 4.79 Å². The molecule has 2 aliphatic rings. The van der Waals surface area contributed by atoms with Gasteiger partial charge in [-0.3, -0.25) is 19.1 Å². The van der Waals surface area contributed by atoms with Crippen molar-refractivity contribution in [3.05, 3.63) is 105 Å². The Bertz CT molecular complexity index is 1270. The number of carbonyl (C=O) groups is 1. The van der Waals surface area contributed by atoms with Gasteiger partial charge in [0.15, 0.2) is 5.82 Å². The summed E-state index contributed by atoms with van der Waals surface area (Å²) in [4.78, 5) is 46.1. The Morgan fingerprint density at radius 3 is 2.55 bits per heavy atom. The lowest BCUT2D eigenvalue weighted by Gasteiger charge is -2.15. The summed E-state index contributed by atoms with van der Waals surface area (Å²) in [6.45, 7) is 0.490. The van der Waals surface area contributed by atoms with E-state index in [-0.39, 0.29) is 30.4 Å². The third kappa shape index (κ3) is 4.75. The van der Waals surface area contributed by atoms with Gasteiger partial charge in [0.05, 0.1) is 17.8 Å². The highest BCUT2D eigenvalue weighted by Gasteiger charge is 2.18. The Morgan fingerprint density at radius 2 is 1.77 bits per heavy atom. The second-order valence-electron chi connectivity index (χ2n) is 7.07. The lowest BCUT2D eigenvalue weighted by atomic mass is 10.1. The van der Waals surface area contributed by atoms with Crippen molar-refractivity contribution >= 4 is 5.91 Å². The van der Waals surface area contributed by atoms with Crippen LogP contribution in [0.1, 0.15) is 11.3 Å². The zero-order valence-electron chi connectivity index (χ0n) is 16.8. The van der Waals surface area contributed by atoms with Crippen molar-refractivity contribution in [2.75, 3.05) is 6.54 Å². The van der Waals surface area contributed by atoms with Gasteiger partial charge in [-0.05, 0) is 36.2 Å². The van der Waals surface area contributed by atoms with Gasteiger partial charge in [-0.2, -0.15) is 4.98 Å². The smallest absolute Gasteiger partial charge is 0.352 e. The molecular formula is C23H21N5O3. The summed E-state index contributed by atoms with van der Waals surface area (Å²) in [5.74, 6) is -0.0340. The van der Waals surface area contributed by atoms with E-state index < -0.39 is 11.2 Å². The number of benzene rings is 1. The number of aromatic nitrogens is 4. The van der Waals surface area contributed by atoms with Crippen LogP contribution in [0.2, 0.25) is 0 Å². The molecular weight excluding hydrogens is 394 g/mol. The molecule has 0 saturated heterocycles. The van der Waals surface area contributed by atoms with Crippen molar-refractivity contribution < 1.29 is 4.79 Å². The molecule has 0 unspecified atom stereocenters. The number of carbonyl (C=O) groups excluding carboxylic acids is 1. The van der Waals surface area contributed by atoms with E-state index in [1.807, 2.05) is 30.3 Å². The number of nitrogens with one attached hydrogen (secondary N) is 1. The molecule has 1 aromatic carbocycles. The van der Waals surface area contributed by atoms with E-state index >= 15 is 0 Å². The van der Waals surface area contributed by atoms with E-state index in [0.29, 0.717) is 18.7 Å². The number of amides is 1. The number of fused-ring (bicyclic) bond motifs is 1. The number of rotatable bonds is 7. The van der Waals surface area contributed by atoms with E-state index in [1.165, 1.54) is 4.57 Å². The van der Waals surface area contributed by atoms with Crippen LogP contribution in [-0.2, 0) is 24.3 Å². The fourth-order valence-corrected chi connectivity index (χ4v) is 3.34. The first-order valence-corrected chi connectivity index (χ1v) is 9.92. The fourth-order valence-electron chi connectivity index (χ4n) is 3.34. The van der Waals surface area contributed by atoms with Gasteiger partial charge in [0.2, 0.25) is 5.91 Å². The van der Waals surface area contributed by atoms with Gasteiger partial charge in [-0.1, -0.05) is 36.4 Å². The molecule has 0 aliphatic carbocycles. The normalized spacial score (nSPS) is 10.8. The molecule has 1 amide bonds. The fraction of sp³-hybridized carbons (Fsp3) is 0.174. The van der Waals surface area contributed by atoms with E-state index in [1.54, 1.807) is 42.7 Å². The number of hydrogen-bond donors (Lipinski definition) is 1. The maximum Gasteiger partial charge on any atom is 0.352 e. The SMILES string of the molecule is O=C(Cn1cccc2c(=O)n(Cc3ccccn3)c(=O)nc1-2)NCCc1ccccc1. The maximum absolute atomic E-state index is 12.9. The first-order chi connectivity index (χ1) is 15.1. The van der Waals surface area contributed by atoms with E-state index in [0.717, 1.165) is 10.1 Å². The Labute approximate surface area is 178 Å². The first-order valence-electron chi connectivity index (χ1n) is 9.92. The van der Waals surface area contributed by atoms with Gasteiger partial charge in [0.25, 0.3) is 5.56 Å². The molecule has 0 radical (unpaired) electrons. The second kappa shape index (κ2) is 9.17. The summed E-state index contributed by atoms with van der Waals surface area (Å²) in [7, 11) is 0. The lowest BCUT2D eigenvalue weighted by Crippen LogP contribution is -2.39. The third-order valence-corrected chi connectivity index (χ3v) is 4.89.